The van der Waals surface area contributed by atoms with E-state index in [2.05, 4.69) is 0 Å². The maximum Gasteiger partial charge on any atom is 0.198 e. The zero-order valence-electron chi connectivity index (χ0n) is 7.86. The Kier molecular flexibility index (Phi) is 3.91. The molecular formula is C9H12N2O2S. The van der Waals surface area contributed by atoms with E-state index >= 15 is 0 Å². The maximum absolute atomic E-state index is 11.4. The molecule has 0 fully saturated rings. The average Bonchev–Trinajstić information content (AvgIpc) is 2.20. The van der Waals surface area contributed by atoms with Crippen molar-refractivity contribution in [3.63, 3.8) is 0 Å². The molecule has 0 aliphatic heterocycles. The zero-order chi connectivity index (χ0) is 10.6. The molecule has 0 aliphatic carbocycles. The van der Waals surface area contributed by atoms with Gasteiger partial charge in [0.2, 0.25) is 0 Å². The number of hydrogen-bond acceptors (Lipinski definition) is 4. The number of nitrogens with zero attached hydrogens (tertiary/aromatic N) is 1. The molecule has 1 aromatic rings. The van der Waals surface area contributed by atoms with Gasteiger partial charge in [0.1, 0.15) is 0 Å². The monoisotopic (exact) mass is 212 g/mol. The summed E-state index contributed by atoms with van der Waals surface area (Å²) in [4.78, 5) is 0.888. The molecule has 0 bridgehead atoms. The van der Waals surface area contributed by atoms with Crippen molar-refractivity contribution in [1.82, 2.24) is 0 Å². The standard InChI is InChI=1S/C9H12N2O2S/c1-14-9-3-2-8(11(13)5-9)4-7(10)6-12/h2-3,5,10,12H,4,6H2,1H3. The average molecular weight is 212 g/mol. The van der Waals surface area contributed by atoms with E-state index in [9.17, 15) is 5.21 Å². The third-order valence-corrected chi connectivity index (χ3v) is 2.50. The fourth-order valence-corrected chi connectivity index (χ4v) is 1.43. The molecule has 4 nitrogen and oxygen atoms in total. The quantitative estimate of drug-likeness (QED) is 0.332. The summed E-state index contributed by atoms with van der Waals surface area (Å²) in [6.07, 6.45) is 3.57. The normalized spacial score (nSPS) is 10.1. The molecule has 0 saturated heterocycles. The van der Waals surface area contributed by atoms with Crippen LogP contribution in [0.5, 0.6) is 0 Å². The summed E-state index contributed by atoms with van der Waals surface area (Å²) < 4.78 is 0.746. The highest BCUT2D eigenvalue weighted by atomic mass is 32.2. The van der Waals surface area contributed by atoms with Crippen molar-refractivity contribution in [3.8, 4) is 0 Å². The number of rotatable bonds is 4. The first-order valence-corrected chi connectivity index (χ1v) is 5.33. The number of aliphatic hydroxyl groups is 1. The van der Waals surface area contributed by atoms with E-state index in [1.807, 2.05) is 12.3 Å². The number of aromatic nitrogens is 1. The Labute approximate surface area is 86.7 Å². The number of thioether (sulfide) groups is 1. The third-order valence-electron chi connectivity index (χ3n) is 1.79. The molecule has 1 aromatic heterocycles. The van der Waals surface area contributed by atoms with Gasteiger partial charge in [-0.3, -0.25) is 0 Å². The van der Waals surface area contributed by atoms with E-state index in [-0.39, 0.29) is 18.7 Å². The van der Waals surface area contributed by atoms with Gasteiger partial charge in [-0.05, 0) is 12.3 Å². The largest absolute Gasteiger partial charge is 0.618 e. The van der Waals surface area contributed by atoms with Crippen LogP contribution in [0.15, 0.2) is 23.2 Å². The summed E-state index contributed by atoms with van der Waals surface area (Å²) in [5, 5.41) is 27.3. The lowest BCUT2D eigenvalue weighted by Crippen LogP contribution is -2.33. The minimum atomic E-state index is -0.301. The van der Waals surface area contributed by atoms with Crippen LogP contribution in [0.3, 0.4) is 0 Å². The first kappa shape index (κ1) is 11.0. The fraction of sp³-hybridized carbons (Fsp3) is 0.333. The van der Waals surface area contributed by atoms with Crippen LogP contribution in [0.25, 0.3) is 0 Å². The van der Waals surface area contributed by atoms with Crippen LogP contribution in [0.1, 0.15) is 5.69 Å². The predicted octanol–water partition coefficient (Wildman–Crippen LogP) is 0.596. The molecule has 0 aromatic carbocycles. The number of aliphatic hydroxyl groups excluding tert-OH is 1. The zero-order valence-corrected chi connectivity index (χ0v) is 8.67. The SMILES string of the molecule is CSc1ccc(CC(=N)CO)[n+]([O-])c1. The van der Waals surface area contributed by atoms with Crippen LogP contribution in [0, 0.1) is 10.6 Å². The first-order valence-electron chi connectivity index (χ1n) is 4.10. The van der Waals surface area contributed by atoms with Crippen LogP contribution in [-0.2, 0) is 6.42 Å². The number of pyridine rings is 1. The van der Waals surface area contributed by atoms with E-state index in [0.29, 0.717) is 5.69 Å². The van der Waals surface area contributed by atoms with Gasteiger partial charge in [0, 0.05) is 11.8 Å². The highest BCUT2D eigenvalue weighted by Crippen LogP contribution is 2.11. The Hall–Kier alpha value is -1.07. The van der Waals surface area contributed by atoms with Crippen molar-refractivity contribution in [2.24, 2.45) is 0 Å². The highest BCUT2D eigenvalue weighted by Gasteiger charge is 2.08. The van der Waals surface area contributed by atoms with E-state index in [1.165, 1.54) is 18.0 Å². The van der Waals surface area contributed by atoms with E-state index in [0.717, 1.165) is 9.63 Å². The number of hydrogen-bond donors (Lipinski definition) is 2. The second kappa shape index (κ2) is 4.97. The topological polar surface area (TPSA) is 71.0 Å². The first-order chi connectivity index (χ1) is 6.67. The van der Waals surface area contributed by atoms with Gasteiger partial charge < -0.3 is 15.7 Å². The molecule has 1 heterocycles. The van der Waals surface area contributed by atoms with Gasteiger partial charge in [0.15, 0.2) is 11.9 Å². The molecule has 2 N–H and O–H groups in total. The van der Waals surface area contributed by atoms with Crippen molar-refractivity contribution in [3.05, 3.63) is 29.2 Å². The minimum absolute atomic E-state index is 0.145. The van der Waals surface area contributed by atoms with Gasteiger partial charge in [-0.2, -0.15) is 4.73 Å². The van der Waals surface area contributed by atoms with Crippen molar-refractivity contribution in [2.75, 3.05) is 12.9 Å². The summed E-state index contributed by atoms with van der Waals surface area (Å²) >= 11 is 1.49. The van der Waals surface area contributed by atoms with Gasteiger partial charge in [-0.15, -0.1) is 11.8 Å². The Bertz CT molecular complexity index is 342. The second-order valence-corrected chi connectivity index (χ2v) is 3.70. The van der Waals surface area contributed by atoms with Gasteiger partial charge in [0.05, 0.1) is 17.9 Å². The molecule has 0 saturated carbocycles. The van der Waals surface area contributed by atoms with Crippen LogP contribution >= 0.6 is 11.8 Å². The minimum Gasteiger partial charge on any atom is -0.618 e. The van der Waals surface area contributed by atoms with Crippen molar-refractivity contribution < 1.29 is 9.84 Å². The summed E-state index contributed by atoms with van der Waals surface area (Å²) in [6.45, 7) is -0.301. The summed E-state index contributed by atoms with van der Waals surface area (Å²) in [6, 6.07) is 3.52. The van der Waals surface area contributed by atoms with Crippen LogP contribution < -0.4 is 4.73 Å². The molecule has 0 amide bonds. The summed E-state index contributed by atoms with van der Waals surface area (Å²) in [5.41, 5.74) is 0.633. The Morgan fingerprint density at radius 1 is 1.64 bits per heavy atom. The molecular weight excluding hydrogens is 200 g/mol. The van der Waals surface area contributed by atoms with Crippen molar-refractivity contribution >= 4 is 17.5 Å². The lowest BCUT2D eigenvalue weighted by atomic mass is 10.2. The molecule has 76 valence electrons. The summed E-state index contributed by atoms with van der Waals surface area (Å²) in [7, 11) is 0. The van der Waals surface area contributed by atoms with E-state index in [4.69, 9.17) is 10.5 Å². The lowest BCUT2D eigenvalue weighted by molar-refractivity contribution is -0.615. The van der Waals surface area contributed by atoms with Gasteiger partial charge in [-0.1, -0.05) is 0 Å². The Morgan fingerprint density at radius 2 is 2.36 bits per heavy atom. The van der Waals surface area contributed by atoms with Gasteiger partial charge in [-0.25, -0.2) is 0 Å². The van der Waals surface area contributed by atoms with E-state index in [1.54, 1.807) is 6.07 Å². The molecule has 0 radical (unpaired) electrons. The third kappa shape index (κ3) is 2.71. The smallest absolute Gasteiger partial charge is 0.198 e. The highest BCUT2D eigenvalue weighted by molar-refractivity contribution is 7.98. The fourth-order valence-electron chi connectivity index (χ4n) is 1.03. The summed E-state index contributed by atoms with van der Waals surface area (Å²) in [5.74, 6) is 0. The van der Waals surface area contributed by atoms with Gasteiger partial charge in [0.25, 0.3) is 0 Å². The number of nitrogens with one attached hydrogen (secondary N) is 1. The second-order valence-electron chi connectivity index (χ2n) is 2.82. The molecule has 1 rings (SSSR count). The molecule has 0 spiro atoms. The van der Waals surface area contributed by atoms with Crippen LogP contribution in [0.2, 0.25) is 0 Å². The Morgan fingerprint density at radius 3 is 2.86 bits per heavy atom. The molecule has 0 aliphatic rings. The molecule has 0 unspecified atom stereocenters. The molecule has 14 heavy (non-hydrogen) atoms. The van der Waals surface area contributed by atoms with Gasteiger partial charge >= 0.3 is 0 Å². The Balaban J connectivity index is 2.83. The maximum atomic E-state index is 11.4. The van der Waals surface area contributed by atoms with Crippen LogP contribution in [-0.4, -0.2) is 23.7 Å². The molecule has 0 atom stereocenters. The molecule has 5 heteroatoms. The van der Waals surface area contributed by atoms with Crippen molar-refractivity contribution in [2.45, 2.75) is 11.3 Å². The van der Waals surface area contributed by atoms with Crippen LogP contribution in [0.4, 0.5) is 0 Å². The van der Waals surface area contributed by atoms with E-state index < -0.39 is 0 Å². The van der Waals surface area contributed by atoms with Crippen molar-refractivity contribution in [1.29, 1.82) is 5.41 Å². The predicted molar refractivity (Wildman–Crippen MR) is 55.7 cm³/mol. The lowest BCUT2D eigenvalue weighted by Gasteiger charge is -2.05.